The van der Waals surface area contributed by atoms with Crippen molar-refractivity contribution in [3.05, 3.63) is 237 Å². The van der Waals surface area contributed by atoms with E-state index in [2.05, 4.69) is 241 Å². The van der Waals surface area contributed by atoms with Gasteiger partial charge in [0.2, 0.25) is 0 Å². The van der Waals surface area contributed by atoms with E-state index in [0.717, 1.165) is 5.69 Å². The molecule has 0 aliphatic rings. The zero-order valence-electron chi connectivity index (χ0n) is 35.9. The largest absolute Gasteiger partial charge is 0.309 e. The summed E-state index contributed by atoms with van der Waals surface area (Å²) in [5.41, 5.74) is 13.7. The molecule has 14 rings (SSSR count). The van der Waals surface area contributed by atoms with Crippen LogP contribution in [0.1, 0.15) is 0 Å². The van der Waals surface area contributed by atoms with E-state index in [0.29, 0.717) is 0 Å². The van der Waals surface area contributed by atoms with Crippen molar-refractivity contribution in [2.45, 2.75) is 0 Å². The van der Waals surface area contributed by atoms with Crippen LogP contribution in [0.3, 0.4) is 0 Å². The molecule has 0 fully saturated rings. The number of hydrogen-bond acceptors (Lipinski definition) is 1. The highest BCUT2D eigenvalue weighted by molar-refractivity contribution is 7.26. The van der Waals surface area contributed by atoms with Crippen molar-refractivity contribution in [3.8, 4) is 50.2 Å². The molecule has 0 aliphatic carbocycles. The first-order valence-corrected chi connectivity index (χ1v) is 23.6. The molecule has 0 bridgehead atoms. The molecule has 0 spiro atoms. The van der Waals surface area contributed by atoms with Crippen LogP contribution < -0.4 is 0 Å². The van der Waals surface area contributed by atoms with Gasteiger partial charge in [-0.15, -0.1) is 11.3 Å². The van der Waals surface area contributed by atoms with Gasteiger partial charge in [0.15, 0.2) is 0 Å². The van der Waals surface area contributed by atoms with Crippen molar-refractivity contribution in [1.29, 1.82) is 0 Å². The summed E-state index contributed by atoms with van der Waals surface area (Å²) in [7, 11) is 0. The highest BCUT2D eigenvalue weighted by Gasteiger charge is 2.22. The molecule has 0 amide bonds. The van der Waals surface area contributed by atoms with Crippen LogP contribution in [0.25, 0.3) is 135 Å². The quantitative estimate of drug-likeness (QED) is 0.152. The van der Waals surface area contributed by atoms with Gasteiger partial charge in [0.05, 0.1) is 11.0 Å². The van der Waals surface area contributed by atoms with Gasteiger partial charge in [-0.3, -0.25) is 0 Å². The zero-order valence-corrected chi connectivity index (χ0v) is 36.7. The van der Waals surface area contributed by atoms with Crippen LogP contribution in [0.5, 0.6) is 0 Å². The van der Waals surface area contributed by atoms with Crippen molar-refractivity contribution >= 4 is 96.4 Å². The van der Waals surface area contributed by atoms with Crippen LogP contribution in [0.2, 0.25) is 0 Å². The minimum atomic E-state index is 1.16. The summed E-state index contributed by atoms with van der Waals surface area (Å²) in [5.74, 6) is 0. The van der Waals surface area contributed by atoms with E-state index >= 15 is 0 Å². The first-order valence-electron chi connectivity index (χ1n) is 22.8. The molecule has 12 aromatic carbocycles. The van der Waals surface area contributed by atoms with Crippen LogP contribution in [0, 0.1) is 0 Å². The average Bonchev–Trinajstić information content (AvgIpc) is 3.93. The number of fused-ring (bicyclic) bond motifs is 10. The van der Waals surface area contributed by atoms with Crippen molar-refractivity contribution in [2.75, 3.05) is 0 Å². The fourth-order valence-electron chi connectivity index (χ4n) is 11.3. The fourth-order valence-corrected chi connectivity index (χ4v) is 12.4. The Morgan fingerprint density at radius 1 is 0.258 bits per heavy atom. The second-order valence-electron chi connectivity index (χ2n) is 17.5. The minimum absolute atomic E-state index is 1.16. The SMILES string of the molecule is c1ccc(-c2c3ccccc3c(-c3ccc4c(c3)sc3cccc(-c5c6ccccc6c(-c6ccc7c8ccccc8n(-c8ccccc8)c7c6)c6ccccc56)c34)c3ccccc23)cc1. The number of para-hydroxylation sites is 2. The Balaban J connectivity index is 0.992. The van der Waals surface area contributed by atoms with Crippen LogP contribution >= 0.6 is 11.3 Å². The molecular weight excluding hydrogens is 815 g/mol. The number of rotatable bonds is 5. The Labute approximate surface area is 385 Å². The van der Waals surface area contributed by atoms with E-state index in [1.807, 2.05) is 11.3 Å². The molecule has 2 aromatic heterocycles. The van der Waals surface area contributed by atoms with E-state index < -0.39 is 0 Å². The lowest BCUT2D eigenvalue weighted by Crippen LogP contribution is -1.94. The van der Waals surface area contributed by atoms with Gasteiger partial charge in [0.25, 0.3) is 0 Å². The summed E-state index contributed by atoms with van der Waals surface area (Å²) in [4.78, 5) is 0. The first-order chi connectivity index (χ1) is 32.8. The van der Waals surface area contributed by atoms with E-state index in [4.69, 9.17) is 0 Å². The summed E-state index contributed by atoms with van der Waals surface area (Å²) in [6, 6.07) is 87.7. The topological polar surface area (TPSA) is 4.93 Å². The summed E-state index contributed by atoms with van der Waals surface area (Å²) < 4.78 is 5.01. The fraction of sp³-hybridized carbons (Fsp3) is 0. The Hall–Kier alpha value is -8.30. The van der Waals surface area contributed by atoms with Crippen molar-refractivity contribution in [3.63, 3.8) is 0 Å². The molecule has 0 aliphatic heterocycles. The Morgan fingerprint density at radius 3 is 1.27 bits per heavy atom. The van der Waals surface area contributed by atoms with Crippen molar-refractivity contribution in [2.24, 2.45) is 0 Å². The van der Waals surface area contributed by atoms with E-state index in [9.17, 15) is 0 Å². The minimum Gasteiger partial charge on any atom is -0.309 e. The second kappa shape index (κ2) is 14.6. The van der Waals surface area contributed by atoms with Crippen LogP contribution in [-0.2, 0) is 0 Å². The molecule has 0 atom stereocenters. The molecule has 2 heterocycles. The van der Waals surface area contributed by atoms with Gasteiger partial charge in [-0.05, 0) is 124 Å². The molecule has 306 valence electrons. The maximum Gasteiger partial charge on any atom is 0.0547 e. The first kappa shape index (κ1) is 37.1. The Bertz CT molecular complexity index is 4160. The molecule has 14 aromatic rings. The summed E-state index contributed by atoms with van der Waals surface area (Å²) in [5, 5.41) is 15.2. The van der Waals surface area contributed by atoms with Gasteiger partial charge < -0.3 is 4.57 Å². The Kier molecular flexibility index (Phi) is 8.22. The molecule has 0 saturated heterocycles. The van der Waals surface area contributed by atoms with Gasteiger partial charge in [-0.2, -0.15) is 0 Å². The zero-order chi connectivity index (χ0) is 43.3. The highest BCUT2D eigenvalue weighted by Crippen LogP contribution is 2.50. The molecule has 0 saturated carbocycles. The van der Waals surface area contributed by atoms with Gasteiger partial charge >= 0.3 is 0 Å². The normalized spacial score (nSPS) is 11.9. The molecule has 0 radical (unpaired) electrons. The van der Waals surface area contributed by atoms with Crippen molar-refractivity contribution < 1.29 is 0 Å². The van der Waals surface area contributed by atoms with Crippen LogP contribution in [-0.4, -0.2) is 4.57 Å². The van der Waals surface area contributed by atoms with E-state index in [1.54, 1.807) is 0 Å². The maximum atomic E-state index is 2.45. The molecule has 1 nitrogen and oxygen atoms in total. The average molecular weight is 854 g/mol. The molecule has 0 unspecified atom stereocenters. The molecule has 2 heteroatoms. The maximum absolute atomic E-state index is 2.45. The third-order valence-electron chi connectivity index (χ3n) is 14.0. The number of aromatic nitrogens is 1. The van der Waals surface area contributed by atoms with Gasteiger partial charge in [0, 0.05) is 36.6 Å². The summed E-state index contributed by atoms with van der Waals surface area (Å²) >= 11 is 1.90. The number of nitrogens with zero attached hydrogens (tertiary/aromatic N) is 1. The Morgan fingerprint density at radius 2 is 0.697 bits per heavy atom. The smallest absolute Gasteiger partial charge is 0.0547 e. The standard InChI is InChI=1S/C64H39NS/c1-3-18-40(19-4-1)60-46-23-7-9-25-48(46)62(49-26-10-8-24-47(49)60)42-35-37-54-59(39-42)66-58-33-17-31-55(64(54)58)63-52-29-13-11-27-50(52)61(51-28-12-14-30-53(51)63)41-34-36-45-44-22-15-16-32-56(44)65(57(45)38-41)43-20-5-2-6-21-43/h1-39H. The predicted octanol–water partition coefficient (Wildman–Crippen LogP) is 18.4. The van der Waals surface area contributed by atoms with Crippen molar-refractivity contribution in [1.82, 2.24) is 4.57 Å². The number of thiophene rings is 1. The monoisotopic (exact) mass is 853 g/mol. The highest BCUT2D eigenvalue weighted by atomic mass is 32.1. The third kappa shape index (κ3) is 5.46. The number of benzene rings is 12. The van der Waals surface area contributed by atoms with Gasteiger partial charge in [-0.1, -0.05) is 200 Å². The predicted molar refractivity (Wildman–Crippen MR) is 285 cm³/mol. The molecular formula is C64H39NS. The summed E-state index contributed by atoms with van der Waals surface area (Å²) in [6.07, 6.45) is 0. The second-order valence-corrected chi connectivity index (χ2v) is 18.5. The van der Waals surface area contributed by atoms with E-state index in [1.165, 1.54) is 130 Å². The lowest BCUT2D eigenvalue weighted by Gasteiger charge is -2.19. The molecule has 66 heavy (non-hydrogen) atoms. The third-order valence-corrected chi connectivity index (χ3v) is 15.1. The van der Waals surface area contributed by atoms with Gasteiger partial charge in [0.1, 0.15) is 0 Å². The lowest BCUT2D eigenvalue weighted by atomic mass is 9.84. The van der Waals surface area contributed by atoms with Gasteiger partial charge in [-0.25, -0.2) is 0 Å². The van der Waals surface area contributed by atoms with Crippen LogP contribution in [0.4, 0.5) is 0 Å². The number of hydrogen-bond donors (Lipinski definition) is 0. The lowest BCUT2D eigenvalue weighted by molar-refractivity contribution is 1.18. The van der Waals surface area contributed by atoms with E-state index in [-0.39, 0.29) is 0 Å². The molecule has 0 N–H and O–H groups in total. The van der Waals surface area contributed by atoms with Crippen LogP contribution in [0.15, 0.2) is 237 Å². The summed E-state index contributed by atoms with van der Waals surface area (Å²) in [6.45, 7) is 0.